The number of benzene rings is 1. The molecule has 0 spiro atoms. The maximum Gasteiger partial charge on any atom is 0.178 e. The molecule has 0 bridgehead atoms. The van der Waals surface area contributed by atoms with Crippen LogP contribution in [0.15, 0.2) is 18.2 Å². The lowest BCUT2D eigenvalue weighted by atomic mass is 10.1. The van der Waals surface area contributed by atoms with E-state index in [0.29, 0.717) is 28.2 Å². The van der Waals surface area contributed by atoms with Gasteiger partial charge in [-0.25, -0.2) is 0 Å². The van der Waals surface area contributed by atoms with Gasteiger partial charge in [0.15, 0.2) is 5.78 Å². The molecule has 0 fully saturated rings. The molecule has 0 aliphatic heterocycles. The smallest absolute Gasteiger partial charge is 0.178 e. The van der Waals surface area contributed by atoms with Crippen molar-refractivity contribution in [3.8, 4) is 0 Å². The van der Waals surface area contributed by atoms with Crippen LogP contribution in [0.1, 0.15) is 24.2 Å². The van der Waals surface area contributed by atoms with Crippen molar-refractivity contribution >= 4 is 29.0 Å². The van der Waals surface area contributed by atoms with Gasteiger partial charge in [-0.05, 0) is 45.8 Å². The molecule has 1 rings (SSSR count). The Morgan fingerprint density at radius 2 is 1.95 bits per heavy atom. The fourth-order valence-electron chi connectivity index (χ4n) is 2.20. The van der Waals surface area contributed by atoms with Crippen LogP contribution < -0.4 is 0 Å². The molecule has 0 amide bonds. The predicted molar refractivity (Wildman–Crippen MR) is 86.1 cm³/mol. The van der Waals surface area contributed by atoms with Gasteiger partial charge in [0.05, 0.1) is 11.6 Å². The zero-order chi connectivity index (χ0) is 15.3. The van der Waals surface area contributed by atoms with Crippen molar-refractivity contribution in [1.29, 1.82) is 0 Å². The van der Waals surface area contributed by atoms with Gasteiger partial charge in [0.25, 0.3) is 0 Å². The van der Waals surface area contributed by atoms with E-state index in [0.717, 1.165) is 13.1 Å². The first-order chi connectivity index (χ1) is 9.35. The average molecular weight is 317 g/mol. The fourth-order valence-corrected chi connectivity index (χ4v) is 2.60. The minimum atomic E-state index is 0.00459. The van der Waals surface area contributed by atoms with Gasteiger partial charge in [-0.2, -0.15) is 0 Å². The van der Waals surface area contributed by atoms with E-state index in [-0.39, 0.29) is 5.78 Å². The Hall–Kier alpha value is -0.610. The van der Waals surface area contributed by atoms with Gasteiger partial charge < -0.3 is 4.90 Å². The molecule has 112 valence electrons. The quantitative estimate of drug-likeness (QED) is 0.720. The highest BCUT2D eigenvalue weighted by Gasteiger charge is 2.19. The molecule has 1 aromatic rings. The molecule has 1 aromatic carbocycles. The van der Waals surface area contributed by atoms with Crippen LogP contribution in [0.2, 0.25) is 10.0 Å². The summed E-state index contributed by atoms with van der Waals surface area (Å²) in [5, 5.41) is 0.984. The van der Waals surface area contributed by atoms with Crippen molar-refractivity contribution in [1.82, 2.24) is 9.80 Å². The first-order valence-electron chi connectivity index (χ1n) is 6.72. The summed E-state index contributed by atoms with van der Waals surface area (Å²) in [7, 11) is 4.06. The van der Waals surface area contributed by atoms with Crippen molar-refractivity contribution in [2.75, 3.05) is 33.7 Å². The maximum absolute atomic E-state index is 12.4. The minimum absolute atomic E-state index is 0.00459. The lowest BCUT2D eigenvalue weighted by Gasteiger charge is -2.29. The van der Waals surface area contributed by atoms with Crippen LogP contribution in [0.4, 0.5) is 0 Å². The van der Waals surface area contributed by atoms with E-state index in [4.69, 9.17) is 23.2 Å². The number of ketones is 1. The van der Waals surface area contributed by atoms with Gasteiger partial charge in [-0.15, -0.1) is 0 Å². The topological polar surface area (TPSA) is 23.6 Å². The standard InChI is InChI=1S/C15H22Cl2N2O/c1-5-19(11(2)9-18(3)4)10-15(20)13-8-12(16)6-7-14(13)17/h6-8,11H,5,9-10H2,1-4H3. The van der Waals surface area contributed by atoms with Crippen molar-refractivity contribution < 1.29 is 4.79 Å². The van der Waals surface area contributed by atoms with Crippen molar-refractivity contribution in [2.45, 2.75) is 19.9 Å². The second kappa shape index (κ2) is 7.99. The van der Waals surface area contributed by atoms with Crippen LogP contribution in [-0.4, -0.2) is 55.4 Å². The number of Topliss-reactive ketones (excluding diaryl/α,β-unsaturated/α-hetero) is 1. The molecule has 0 saturated heterocycles. The van der Waals surface area contributed by atoms with Gasteiger partial charge in [0.1, 0.15) is 0 Å². The van der Waals surface area contributed by atoms with E-state index >= 15 is 0 Å². The molecule has 0 radical (unpaired) electrons. The largest absolute Gasteiger partial charge is 0.308 e. The predicted octanol–water partition coefficient (Wildman–Crippen LogP) is 3.45. The average Bonchev–Trinajstić information content (AvgIpc) is 2.37. The first kappa shape index (κ1) is 17.4. The second-order valence-electron chi connectivity index (χ2n) is 5.22. The summed E-state index contributed by atoms with van der Waals surface area (Å²) in [6, 6.07) is 5.29. The van der Waals surface area contributed by atoms with Crippen LogP contribution in [0.3, 0.4) is 0 Å². The zero-order valence-electron chi connectivity index (χ0n) is 12.5. The number of nitrogens with zero attached hydrogens (tertiary/aromatic N) is 2. The summed E-state index contributed by atoms with van der Waals surface area (Å²) >= 11 is 12.0. The minimum Gasteiger partial charge on any atom is -0.308 e. The van der Waals surface area contributed by atoms with E-state index in [1.54, 1.807) is 18.2 Å². The lowest BCUT2D eigenvalue weighted by Crippen LogP contribution is -2.42. The third-order valence-electron chi connectivity index (χ3n) is 3.23. The molecule has 1 unspecified atom stereocenters. The highest BCUT2D eigenvalue weighted by molar-refractivity contribution is 6.36. The maximum atomic E-state index is 12.4. The first-order valence-corrected chi connectivity index (χ1v) is 7.47. The van der Waals surface area contributed by atoms with Crippen molar-refractivity contribution in [3.05, 3.63) is 33.8 Å². The zero-order valence-corrected chi connectivity index (χ0v) is 14.0. The van der Waals surface area contributed by atoms with Crippen LogP contribution in [0.25, 0.3) is 0 Å². The summed E-state index contributed by atoms with van der Waals surface area (Å²) in [4.78, 5) is 16.6. The molecular weight excluding hydrogens is 295 g/mol. The highest BCUT2D eigenvalue weighted by Crippen LogP contribution is 2.21. The lowest BCUT2D eigenvalue weighted by molar-refractivity contribution is 0.0888. The van der Waals surface area contributed by atoms with Gasteiger partial charge in [-0.3, -0.25) is 9.69 Å². The summed E-state index contributed by atoms with van der Waals surface area (Å²) < 4.78 is 0. The second-order valence-corrected chi connectivity index (χ2v) is 6.07. The number of carbonyl (C=O) groups excluding carboxylic acids is 1. The summed E-state index contributed by atoms with van der Waals surface area (Å²) in [6.07, 6.45) is 0. The molecule has 0 heterocycles. The Morgan fingerprint density at radius 3 is 2.50 bits per heavy atom. The van der Waals surface area contributed by atoms with Gasteiger partial charge in [0.2, 0.25) is 0 Å². The van der Waals surface area contributed by atoms with Crippen molar-refractivity contribution in [3.63, 3.8) is 0 Å². The van der Waals surface area contributed by atoms with E-state index in [1.807, 2.05) is 14.1 Å². The summed E-state index contributed by atoms with van der Waals surface area (Å²) in [5.74, 6) is 0.00459. The highest BCUT2D eigenvalue weighted by atomic mass is 35.5. The monoisotopic (exact) mass is 316 g/mol. The van der Waals surface area contributed by atoms with Crippen molar-refractivity contribution in [2.24, 2.45) is 0 Å². The number of carbonyl (C=O) groups is 1. The SMILES string of the molecule is CCN(CC(=O)c1cc(Cl)ccc1Cl)C(C)CN(C)C. The van der Waals surface area contributed by atoms with E-state index in [9.17, 15) is 4.79 Å². The molecule has 0 saturated carbocycles. The van der Waals surface area contributed by atoms with Crippen LogP contribution in [-0.2, 0) is 0 Å². The Morgan fingerprint density at radius 1 is 1.30 bits per heavy atom. The molecule has 0 aliphatic rings. The number of hydrogen-bond acceptors (Lipinski definition) is 3. The molecular formula is C15H22Cl2N2O. The fraction of sp³-hybridized carbons (Fsp3) is 0.533. The van der Waals surface area contributed by atoms with Gasteiger partial charge >= 0.3 is 0 Å². The normalized spacial score (nSPS) is 13.0. The Bertz CT molecular complexity index is 463. The third-order valence-corrected chi connectivity index (χ3v) is 3.80. The van der Waals surface area contributed by atoms with Crippen LogP contribution in [0.5, 0.6) is 0 Å². The summed E-state index contributed by atoms with van der Waals surface area (Å²) in [6.45, 7) is 6.25. The van der Waals surface area contributed by atoms with Crippen LogP contribution in [0, 0.1) is 0 Å². The third kappa shape index (κ3) is 5.06. The van der Waals surface area contributed by atoms with Gasteiger partial charge in [0, 0.05) is 23.2 Å². The Kier molecular flexibility index (Phi) is 6.96. The number of likely N-dealkylation sites (N-methyl/N-ethyl adjacent to an activating group) is 2. The molecule has 0 aliphatic carbocycles. The molecule has 5 heteroatoms. The molecule has 1 atom stereocenters. The molecule has 0 N–H and O–H groups in total. The number of rotatable bonds is 7. The summed E-state index contributed by atoms with van der Waals surface area (Å²) in [5.41, 5.74) is 0.495. The molecule has 0 aromatic heterocycles. The van der Waals surface area contributed by atoms with E-state index < -0.39 is 0 Å². The molecule has 20 heavy (non-hydrogen) atoms. The van der Waals surface area contributed by atoms with Gasteiger partial charge in [-0.1, -0.05) is 30.1 Å². The van der Waals surface area contributed by atoms with E-state index in [2.05, 4.69) is 23.6 Å². The van der Waals surface area contributed by atoms with E-state index in [1.165, 1.54) is 0 Å². The van der Waals surface area contributed by atoms with Crippen LogP contribution >= 0.6 is 23.2 Å². The Balaban J connectivity index is 2.79. The Labute approximate surface area is 131 Å². The number of hydrogen-bond donors (Lipinski definition) is 0. The molecule has 3 nitrogen and oxygen atoms in total. The number of halogens is 2.